The van der Waals surface area contributed by atoms with E-state index in [9.17, 15) is 10.1 Å². The number of ether oxygens (including phenoxy) is 1. The Morgan fingerprint density at radius 2 is 2.00 bits per heavy atom. The van der Waals surface area contributed by atoms with Crippen LogP contribution in [0.2, 0.25) is 5.02 Å². The van der Waals surface area contributed by atoms with E-state index in [4.69, 9.17) is 16.3 Å². The van der Waals surface area contributed by atoms with Crippen LogP contribution in [0.4, 0.5) is 11.4 Å². The lowest BCUT2D eigenvalue weighted by Gasteiger charge is -2.30. The zero-order valence-corrected chi connectivity index (χ0v) is 15.9. The third-order valence-corrected chi connectivity index (χ3v) is 5.75. The van der Waals surface area contributed by atoms with Gasteiger partial charge in [0.05, 0.1) is 35.2 Å². The van der Waals surface area contributed by atoms with E-state index in [2.05, 4.69) is 16.3 Å². The number of halogens is 1. The fourth-order valence-corrected chi connectivity index (χ4v) is 4.11. The third kappa shape index (κ3) is 4.69. The van der Waals surface area contributed by atoms with Crippen LogP contribution in [-0.2, 0) is 9.53 Å². The smallest absolute Gasteiger partial charge is 0.224 e. The van der Waals surface area contributed by atoms with Crippen molar-refractivity contribution in [2.24, 2.45) is 5.92 Å². The Morgan fingerprint density at radius 1 is 1.27 bits per heavy atom. The summed E-state index contributed by atoms with van der Waals surface area (Å²) in [4.78, 5) is 14.4. The lowest BCUT2D eigenvalue weighted by atomic mass is 9.86. The molecule has 1 heterocycles. The molecule has 5 nitrogen and oxygen atoms in total. The highest BCUT2D eigenvalue weighted by Crippen LogP contribution is 2.34. The van der Waals surface area contributed by atoms with Gasteiger partial charge in [0.25, 0.3) is 0 Å². The van der Waals surface area contributed by atoms with Crippen molar-refractivity contribution in [3.8, 4) is 6.07 Å². The monoisotopic (exact) mass is 375 g/mol. The molecule has 2 aliphatic rings. The summed E-state index contributed by atoms with van der Waals surface area (Å²) in [6.45, 7) is 2.75. The number of nitrogens with one attached hydrogen (secondary N) is 1. The molecule has 0 radical (unpaired) electrons. The van der Waals surface area contributed by atoms with Crippen molar-refractivity contribution in [2.45, 2.75) is 44.9 Å². The second-order valence-corrected chi connectivity index (χ2v) is 7.50. The fourth-order valence-electron chi connectivity index (χ4n) is 3.86. The van der Waals surface area contributed by atoms with Crippen LogP contribution >= 0.6 is 11.6 Å². The minimum atomic E-state index is -0.0273. The molecule has 0 unspecified atom stereocenters. The number of rotatable bonds is 5. The van der Waals surface area contributed by atoms with Crippen LogP contribution in [0.15, 0.2) is 12.1 Å². The second-order valence-electron chi connectivity index (χ2n) is 7.12. The average molecular weight is 376 g/mol. The molecule has 0 spiro atoms. The first-order chi connectivity index (χ1) is 12.7. The van der Waals surface area contributed by atoms with Crippen molar-refractivity contribution in [1.29, 1.82) is 5.26 Å². The molecule has 1 N–H and O–H groups in total. The molecule has 1 aliphatic heterocycles. The quantitative estimate of drug-likeness (QED) is 0.830. The maximum absolute atomic E-state index is 12.3. The van der Waals surface area contributed by atoms with Gasteiger partial charge < -0.3 is 15.0 Å². The molecule has 0 bridgehead atoms. The van der Waals surface area contributed by atoms with E-state index in [1.54, 1.807) is 6.07 Å². The Bertz CT molecular complexity index is 674. The van der Waals surface area contributed by atoms with Crippen molar-refractivity contribution in [3.05, 3.63) is 22.7 Å². The van der Waals surface area contributed by atoms with Gasteiger partial charge in [-0.2, -0.15) is 5.26 Å². The van der Waals surface area contributed by atoms with E-state index < -0.39 is 0 Å². The standard InChI is InChI=1S/C20H26ClN3O2/c21-20-16(14-22)18(24-10-12-26-13-11-24)8-7-17(20)23-19(25)9-6-15-4-2-1-3-5-15/h7-8,15H,1-6,9-13H2,(H,23,25). The largest absolute Gasteiger partial charge is 0.378 e. The summed E-state index contributed by atoms with van der Waals surface area (Å²) < 4.78 is 5.36. The molecular weight excluding hydrogens is 350 g/mol. The number of morpholine rings is 1. The van der Waals surface area contributed by atoms with Gasteiger partial charge in [0.15, 0.2) is 0 Å². The zero-order valence-electron chi connectivity index (χ0n) is 15.1. The van der Waals surface area contributed by atoms with E-state index in [1.165, 1.54) is 32.1 Å². The summed E-state index contributed by atoms with van der Waals surface area (Å²) in [6, 6.07) is 5.86. The number of hydrogen-bond acceptors (Lipinski definition) is 4. The Morgan fingerprint density at radius 3 is 2.69 bits per heavy atom. The molecule has 1 aromatic rings. The van der Waals surface area contributed by atoms with Crippen LogP contribution < -0.4 is 10.2 Å². The highest BCUT2D eigenvalue weighted by atomic mass is 35.5. The highest BCUT2D eigenvalue weighted by molar-refractivity contribution is 6.35. The molecule has 0 atom stereocenters. The van der Waals surface area contributed by atoms with Crippen molar-refractivity contribution >= 4 is 28.9 Å². The molecule has 140 valence electrons. The van der Waals surface area contributed by atoms with E-state index >= 15 is 0 Å². The van der Waals surface area contributed by atoms with Crippen LogP contribution in [0.25, 0.3) is 0 Å². The van der Waals surface area contributed by atoms with Crippen LogP contribution in [0, 0.1) is 17.2 Å². The number of amides is 1. The van der Waals surface area contributed by atoms with Gasteiger partial charge >= 0.3 is 0 Å². The van der Waals surface area contributed by atoms with Crippen LogP contribution in [0.3, 0.4) is 0 Å². The second kappa shape index (κ2) is 9.25. The molecule has 0 aromatic heterocycles. The lowest BCUT2D eigenvalue weighted by molar-refractivity contribution is -0.116. The summed E-state index contributed by atoms with van der Waals surface area (Å²) in [5.41, 5.74) is 1.74. The van der Waals surface area contributed by atoms with Gasteiger partial charge in [-0.1, -0.05) is 43.7 Å². The van der Waals surface area contributed by atoms with Crippen LogP contribution in [0.1, 0.15) is 50.5 Å². The Labute approximate surface area is 160 Å². The molecule has 2 fully saturated rings. The Hall–Kier alpha value is -1.77. The first-order valence-electron chi connectivity index (χ1n) is 9.54. The van der Waals surface area contributed by atoms with Crippen LogP contribution in [-0.4, -0.2) is 32.2 Å². The van der Waals surface area contributed by atoms with Crippen molar-refractivity contribution < 1.29 is 9.53 Å². The van der Waals surface area contributed by atoms with Gasteiger partial charge in [0.1, 0.15) is 6.07 Å². The van der Waals surface area contributed by atoms with Gasteiger partial charge in [-0.3, -0.25) is 4.79 Å². The Balaban J connectivity index is 1.64. The molecule has 1 aliphatic carbocycles. The summed E-state index contributed by atoms with van der Waals surface area (Å²) >= 11 is 6.43. The maximum Gasteiger partial charge on any atom is 0.224 e. The van der Waals surface area contributed by atoms with Crippen molar-refractivity contribution in [2.75, 3.05) is 36.5 Å². The minimum Gasteiger partial charge on any atom is -0.378 e. The minimum absolute atomic E-state index is 0.0273. The first kappa shape index (κ1) is 19.0. The van der Waals surface area contributed by atoms with Gasteiger partial charge in [-0.05, 0) is 24.5 Å². The van der Waals surface area contributed by atoms with E-state index in [-0.39, 0.29) is 5.91 Å². The molecule has 1 saturated carbocycles. The number of carbonyl (C=O) groups is 1. The van der Waals surface area contributed by atoms with E-state index in [0.717, 1.165) is 25.2 Å². The predicted octanol–water partition coefficient (Wildman–Crippen LogP) is 4.35. The SMILES string of the molecule is N#Cc1c(N2CCOCC2)ccc(NC(=O)CCC2CCCCC2)c1Cl. The van der Waals surface area contributed by atoms with E-state index in [0.29, 0.717) is 41.8 Å². The first-order valence-corrected chi connectivity index (χ1v) is 9.92. The number of nitrogens with zero attached hydrogens (tertiary/aromatic N) is 2. The van der Waals surface area contributed by atoms with Crippen LogP contribution in [0.5, 0.6) is 0 Å². The molecule has 26 heavy (non-hydrogen) atoms. The maximum atomic E-state index is 12.3. The average Bonchev–Trinajstić information content (AvgIpc) is 2.69. The summed E-state index contributed by atoms with van der Waals surface area (Å²) in [7, 11) is 0. The highest BCUT2D eigenvalue weighted by Gasteiger charge is 2.20. The number of hydrogen-bond donors (Lipinski definition) is 1. The molecule has 6 heteroatoms. The van der Waals surface area contributed by atoms with E-state index in [1.807, 2.05) is 6.07 Å². The van der Waals surface area contributed by atoms with Gasteiger partial charge in [-0.15, -0.1) is 0 Å². The summed E-state index contributed by atoms with van der Waals surface area (Å²) in [6.07, 6.45) is 7.81. The number of carbonyl (C=O) groups excluding carboxylic acids is 1. The Kier molecular flexibility index (Phi) is 6.76. The lowest BCUT2D eigenvalue weighted by Crippen LogP contribution is -2.36. The normalized spacial score (nSPS) is 18.4. The number of benzene rings is 1. The molecule has 1 saturated heterocycles. The van der Waals surface area contributed by atoms with Gasteiger partial charge in [0, 0.05) is 19.5 Å². The predicted molar refractivity (Wildman–Crippen MR) is 104 cm³/mol. The topological polar surface area (TPSA) is 65.4 Å². The fraction of sp³-hybridized carbons (Fsp3) is 0.600. The number of nitriles is 1. The number of anilines is 2. The zero-order chi connectivity index (χ0) is 18.4. The third-order valence-electron chi connectivity index (χ3n) is 5.36. The molecule has 1 amide bonds. The molecule has 1 aromatic carbocycles. The molecule has 3 rings (SSSR count). The van der Waals surface area contributed by atoms with Gasteiger partial charge in [0.2, 0.25) is 5.91 Å². The summed E-state index contributed by atoms with van der Waals surface area (Å²) in [5.74, 6) is 0.642. The van der Waals surface area contributed by atoms with Crippen molar-refractivity contribution in [3.63, 3.8) is 0 Å². The summed E-state index contributed by atoms with van der Waals surface area (Å²) in [5, 5.41) is 12.8. The molecular formula is C20H26ClN3O2. The van der Waals surface area contributed by atoms with Gasteiger partial charge in [-0.25, -0.2) is 0 Å². The van der Waals surface area contributed by atoms with Crippen molar-refractivity contribution in [1.82, 2.24) is 0 Å².